The summed E-state index contributed by atoms with van der Waals surface area (Å²) in [6, 6.07) is 23.1. The number of sulfone groups is 1. The Kier molecular flexibility index (Phi) is 8.48. The van der Waals surface area contributed by atoms with Gasteiger partial charge in [0.1, 0.15) is 7.85 Å². The number of benzene rings is 3. The second-order valence-corrected chi connectivity index (χ2v) is 15.0. The number of amides is 1. The number of aromatic nitrogens is 1. The Morgan fingerprint density at radius 3 is 2.39 bits per heavy atom. The number of hydrogen-bond donors (Lipinski definition) is 1. The Morgan fingerprint density at radius 2 is 1.72 bits per heavy atom. The summed E-state index contributed by atoms with van der Waals surface area (Å²) in [5.41, 5.74) is 4.57. The fourth-order valence-corrected chi connectivity index (χ4v) is 7.75. The molecular weight excluding hydrogens is 595 g/mol. The van der Waals surface area contributed by atoms with E-state index in [0.29, 0.717) is 40.2 Å². The minimum Gasteiger partial charge on any atom is -0.379 e. The molecule has 0 spiro atoms. The monoisotopic (exact) mass is 634 g/mol. The quantitative estimate of drug-likeness (QED) is 0.295. The van der Waals surface area contributed by atoms with Crippen molar-refractivity contribution in [2.45, 2.75) is 48.7 Å². The minimum absolute atomic E-state index is 0.161. The van der Waals surface area contributed by atoms with Gasteiger partial charge in [0.05, 0.1) is 40.4 Å². The fourth-order valence-electron chi connectivity index (χ4n) is 7.11. The lowest BCUT2D eigenvalue weighted by Gasteiger charge is -2.40. The van der Waals surface area contributed by atoms with Crippen molar-refractivity contribution in [2.24, 2.45) is 0 Å². The van der Waals surface area contributed by atoms with Gasteiger partial charge in [0.15, 0.2) is 9.84 Å². The maximum atomic E-state index is 14.7. The molecule has 1 saturated carbocycles. The predicted molar refractivity (Wildman–Crippen MR) is 181 cm³/mol. The third kappa shape index (κ3) is 6.36. The smallest absolute Gasteiger partial charge is 0.253 e. The average Bonchev–Trinajstić information content (AvgIpc) is 3.85. The first kappa shape index (κ1) is 31.1. The van der Waals surface area contributed by atoms with Crippen LogP contribution in [0.1, 0.15) is 47.2 Å². The normalized spacial score (nSPS) is 19.2. The van der Waals surface area contributed by atoms with Crippen molar-refractivity contribution in [3.8, 4) is 11.3 Å². The number of carbonyl (C=O) groups excluding carboxylic acids is 1. The third-order valence-electron chi connectivity index (χ3n) is 9.80. The van der Waals surface area contributed by atoms with Gasteiger partial charge in [-0.15, -0.1) is 0 Å². The van der Waals surface area contributed by atoms with Crippen LogP contribution in [0.25, 0.3) is 22.2 Å². The van der Waals surface area contributed by atoms with Crippen LogP contribution >= 0.6 is 0 Å². The molecule has 46 heavy (non-hydrogen) atoms. The number of nitrogens with one attached hydrogen (secondary N) is 1. The molecule has 10 heteroatoms. The number of fused-ring (bicyclic) bond motifs is 1. The van der Waals surface area contributed by atoms with Gasteiger partial charge in [-0.2, -0.15) is 0 Å². The van der Waals surface area contributed by atoms with Gasteiger partial charge in [0.25, 0.3) is 5.91 Å². The molecule has 3 fully saturated rings. The van der Waals surface area contributed by atoms with Crippen LogP contribution < -0.4 is 10.8 Å². The van der Waals surface area contributed by atoms with E-state index in [9.17, 15) is 13.2 Å². The maximum Gasteiger partial charge on any atom is 0.253 e. The van der Waals surface area contributed by atoms with E-state index in [1.165, 1.54) is 6.26 Å². The molecule has 3 aromatic carbocycles. The van der Waals surface area contributed by atoms with Gasteiger partial charge >= 0.3 is 0 Å². The topological polar surface area (TPSA) is 91.8 Å². The highest BCUT2D eigenvalue weighted by atomic mass is 32.2. The standard InChI is InChI=1S/C36H39BN4O4S/c1-46(43,44)29-10-11-32-30(23-29)33(35(42)39-36(14-15-36)26-7-3-2-4-8-26)31(34(38-32)25-6-5-9-27(37)22-25)24-40-16-12-28(13-17-40)41-18-20-45-21-19-41/h2-11,22-23,28H,12-21,24H2,1H3,(H,39,42). The van der Waals surface area contributed by atoms with Crippen molar-refractivity contribution in [3.05, 3.63) is 89.5 Å². The molecule has 2 saturated heterocycles. The number of pyridine rings is 1. The molecule has 3 aliphatic rings. The molecule has 1 aliphatic carbocycles. The van der Waals surface area contributed by atoms with E-state index in [0.717, 1.165) is 81.8 Å². The number of carbonyl (C=O) groups is 1. The lowest BCUT2D eigenvalue weighted by Crippen LogP contribution is -2.48. The van der Waals surface area contributed by atoms with Crippen LogP contribution in [-0.2, 0) is 26.7 Å². The van der Waals surface area contributed by atoms with Crippen LogP contribution in [0, 0.1) is 0 Å². The molecule has 4 aromatic rings. The molecule has 3 heterocycles. The molecule has 2 aliphatic heterocycles. The second kappa shape index (κ2) is 12.6. The molecule has 1 N–H and O–H groups in total. The molecule has 7 rings (SSSR count). The molecule has 236 valence electrons. The van der Waals surface area contributed by atoms with E-state index in [2.05, 4.69) is 27.2 Å². The summed E-state index contributed by atoms with van der Waals surface area (Å²) in [5.74, 6) is -0.220. The van der Waals surface area contributed by atoms with Crippen molar-refractivity contribution < 1.29 is 17.9 Å². The zero-order chi connectivity index (χ0) is 31.9. The van der Waals surface area contributed by atoms with Crippen LogP contribution in [0.2, 0.25) is 0 Å². The first-order valence-electron chi connectivity index (χ1n) is 16.1. The highest BCUT2D eigenvalue weighted by Gasteiger charge is 2.46. The molecule has 0 bridgehead atoms. The predicted octanol–water partition coefficient (Wildman–Crippen LogP) is 3.81. The summed E-state index contributed by atoms with van der Waals surface area (Å²) in [6.07, 6.45) is 4.94. The lowest BCUT2D eigenvalue weighted by molar-refractivity contribution is 0.000225. The van der Waals surface area contributed by atoms with Gasteiger partial charge in [0, 0.05) is 42.9 Å². The van der Waals surface area contributed by atoms with Crippen molar-refractivity contribution in [2.75, 3.05) is 45.6 Å². The van der Waals surface area contributed by atoms with E-state index in [4.69, 9.17) is 17.6 Å². The van der Waals surface area contributed by atoms with Crippen LogP contribution in [-0.4, -0.2) is 88.6 Å². The maximum absolute atomic E-state index is 14.7. The molecule has 0 atom stereocenters. The number of likely N-dealkylation sites (tertiary alicyclic amines) is 1. The Balaban J connectivity index is 1.34. The van der Waals surface area contributed by atoms with Gasteiger partial charge in [0.2, 0.25) is 0 Å². The van der Waals surface area contributed by atoms with Crippen LogP contribution in [0.3, 0.4) is 0 Å². The average molecular weight is 635 g/mol. The zero-order valence-corrected chi connectivity index (χ0v) is 27.1. The summed E-state index contributed by atoms with van der Waals surface area (Å²) < 4.78 is 31.0. The van der Waals surface area contributed by atoms with E-state index in [1.807, 2.05) is 42.5 Å². The van der Waals surface area contributed by atoms with Gasteiger partial charge < -0.3 is 10.1 Å². The molecule has 2 radical (unpaired) electrons. The summed E-state index contributed by atoms with van der Waals surface area (Å²) in [5, 5.41) is 3.93. The molecule has 1 amide bonds. The molecule has 1 aromatic heterocycles. The van der Waals surface area contributed by atoms with Crippen LogP contribution in [0.5, 0.6) is 0 Å². The third-order valence-corrected chi connectivity index (χ3v) is 10.9. The summed E-state index contributed by atoms with van der Waals surface area (Å²) in [6.45, 7) is 5.77. The summed E-state index contributed by atoms with van der Waals surface area (Å²) in [7, 11) is 2.73. The SMILES string of the molecule is [B]c1cccc(-c2nc3ccc(S(C)(=O)=O)cc3c(C(=O)NC3(c4ccccc4)CC3)c2CN2CCC(N3CCOCC3)CC2)c1. The van der Waals surface area contributed by atoms with E-state index < -0.39 is 15.4 Å². The van der Waals surface area contributed by atoms with E-state index >= 15 is 0 Å². The van der Waals surface area contributed by atoms with Crippen molar-refractivity contribution in [1.29, 1.82) is 0 Å². The first-order chi connectivity index (χ1) is 22.2. The Hall–Kier alpha value is -3.57. The number of morpholine rings is 1. The Labute approximate surface area is 272 Å². The van der Waals surface area contributed by atoms with Crippen molar-refractivity contribution >= 4 is 40.0 Å². The Bertz CT molecular complexity index is 1870. The number of ether oxygens (including phenoxy) is 1. The Morgan fingerprint density at radius 1 is 0.978 bits per heavy atom. The lowest BCUT2D eigenvalue weighted by atomic mass is 9.90. The minimum atomic E-state index is -3.53. The second-order valence-electron chi connectivity index (χ2n) is 12.9. The largest absolute Gasteiger partial charge is 0.379 e. The van der Waals surface area contributed by atoms with E-state index in [1.54, 1.807) is 18.2 Å². The van der Waals surface area contributed by atoms with Gasteiger partial charge in [-0.3, -0.25) is 14.6 Å². The van der Waals surface area contributed by atoms with Crippen molar-refractivity contribution in [3.63, 3.8) is 0 Å². The summed E-state index contributed by atoms with van der Waals surface area (Å²) in [4.78, 5) is 24.9. The number of nitrogens with zero attached hydrogens (tertiary/aromatic N) is 3. The van der Waals surface area contributed by atoms with E-state index in [-0.39, 0.29) is 10.8 Å². The number of piperidine rings is 1. The molecule has 0 unspecified atom stereocenters. The van der Waals surface area contributed by atoms with Gasteiger partial charge in [-0.1, -0.05) is 60.1 Å². The number of rotatable bonds is 8. The van der Waals surface area contributed by atoms with Crippen LogP contribution in [0.15, 0.2) is 77.7 Å². The van der Waals surface area contributed by atoms with Gasteiger partial charge in [-0.05, 0) is 68.1 Å². The van der Waals surface area contributed by atoms with Gasteiger partial charge in [-0.25, -0.2) is 13.4 Å². The molecular formula is C36H39BN4O4S. The first-order valence-corrected chi connectivity index (χ1v) is 18.0. The van der Waals surface area contributed by atoms with Crippen LogP contribution in [0.4, 0.5) is 0 Å². The zero-order valence-electron chi connectivity index (χ0n) is 26.2. The summed E-state index contributed by atoms with van der Waals surface area (Å²) >= 11 is 0. The highest BCUT2D eigenvalue weighted by Crippen LogP contribution is 2.46. The molecule has 8 nitrogen and oxygen atoms in total. The number of hydrogen-bond acceptors (Lipinski definition) is 7. The van der Waals surface area contributed by atoms with Crippen molar-refractivity contribution in [1.82, 2.24) is 20.1 Å². The highest BCUT2D eigenvalue weighted by molar-refractivity contribution is 7.90. The fraction of sp³-hybridized carbons (Fsp3) is 0.389.